The SMILES string of the molecule is c1ccc2c(c1)Cc1cc3c(cc1-2)-c1cc2c4c(c1C3)Cc1cccnc1N4c1cccnc1C2. The summed E-state index contributed by atoms with van der Waals surface area (Å²) >= 11 is 0. The van der Waals surface area contributed by atoms with E-state index in [9.17, 15) is 0 Å². The van der Waals surface area contributed by atoms with Crippen molar-refractivity contribution in [3.8, 4) is 22.3 Å². The van der Waals surface area contributed by atoms with E-state index >= 15 is 0 Å². The van der Waals surface area contributed by atoms with Gasteiger partial charge in [-0.1, -0.05) is 36.4 Å². The van der Waals surface area contributed by atoms with Gasteiger partial charge >= 0.3 is 0 Å². The monoisotopic (exact) mass is 447 g/mol. The van der Waals surface area contributed by atoms with Gasteiger partial charge < -0.3 is 0 Å². The molecule has 3 aromatic carbocycles. The first-order valence-electron chi connectivity index (χ1n) is 12.4. The Labute approximate surface area is 203 Å². The lowest BCUT2D eigenvalue weighted by molar-refractivity contribution is 0.941. The summed E-state index contributed by atoms with van der Waals surface area (Å²) in [5.74, 6) is 1.06. The lowest BCUT2D eigenvalue weighted by atomic mass is 9.84. The summed E-state index contributed by atoms with van der Waals surface area (Å²) in [5, 5.41) is 0. The largest absolute Gasteiger partial charge is 0.292 e. The minimum absolute atomic E-state index is 0.869. The average Bonchev–Trinajstić information content (AvgIpc) is 3.44. The minimum atomic E-state index is 0.869. The van der Waals surface area contributed by atoms with Crippen molar-refractivity contribution < 1.29 is 0 Å². The van der Waals surface area contributed by atoms with Crippen molar-refractivity contribution in [2.75, 3.05) is 4.90 Å². The van der Waals surface area contributed by atoms with Crippen LogP contribution in [0.1, 0.15) is 44.6 Å². The summed E-state index contributed by atoms with van der Waals surface area (Å²) in [6.07, 6.45) is 7.70. The Morgan fingerprint density at radius 1 is 0.543 bits per heavy atom. The van der Waals surface area contributed by atoms with Gasteiger partial charge in [-0.05, 0) is 104 Å². The van der Waals surface area contributed by atoms with Crippen LogP contribution >= 0.6 is 0 Å². The van der Waals surface area contributed by atoms with E-state index in [1.807, 2.05) is 18.5 Å². The molecule has 0 radical (unpaired) electrons. The highest BCUT2D eigenvalue weighted by atomic mass is 15.2. The standard InChI is InChI=1S/C32H21N3/c1-2-7-23-18(5-1)11-20-12-21-14-27-26(25(21)17-24(20)23)15-22-16-29-30(8-4-9-33-29)35-31(22)28(27)13-19-6-3-10-34-32(19)35/h1-10,12,15,17H,11,13-14,16H2. The zero-order valence-corrected chi connectivity index (χ0v) is 19.2. The summed E-state index contributed by atoms with van der Waals surface area (Å²) in [4.78, 5) is 12.0. The molecule has 4 aliphatic rings. The number of hydrogen-bond acceptors (Lipinski definition) is 3. The third kappa shape index (κ3) is 2.26. The summed E-state index contributed by atoms with van der Waals surface area (Å²) < 4.78 is 0. The smallest absolute Gasteiger partial charge is 0.141 e. The highest BCUT2D eigenvalue weighted by Crippen LogP contribution is 2.54. The normalized spacial score (nSPS) is 14.9. The van der Waals surface area contributed by atoms with Crippen LogP contribution in [-0.4, -0.2) is 9.97 Å². The molecule has 0 N–H and O–H groups in total. The summed E-state index contributed by atoms with van der Waals surface area (Å²) in [7, 11) is 0. The van der Waals surface area contributed by atoms with Gasteiger partial charge in [-0.3, -0.25) is 9.88 Å². The number of aromatic nitrogens is 2. The zero-order valence-electron chi connectivity index (χ0n) is 19.2. The molecule has 0 bridgehead atoms. The molecule has 2 aliphatic heterocycles. The number of fused-ring (bicyclic) bond motifs is 11. The van der Waals surface area contributed by atoms with Gasteiger partial charge in [0.15, 0.2) is 0 Å². The number of benzene rings is 3. The summed E-state index contributed by atoms with van der Waals surface area (Å²) in [6, 6.07) is 24.9. The molecule has 0 atom stereocenters. The van der Waals surface area contributed by atoms with E-state index in [-0.39, 0.29) is 0 Å². The molecule has 0 fully saturated rings. The number of rotatable bonds is 0. The molecule has 2 aliphatic carbocycles. The Hall–Kier alpha value is -4.24. The number of pyridine rings is 2. The highest BCUT2D eigenvalue weighted by molar-refractivity contribution is 5.94. The predicted octanol–water partition coefficient (Wildman–Crippen LogP) is 6.90. The fourth-order valence-electron chi connectivity index (χ4n) is 6.95. The molecule has 0 spiro atoms. The quantitative estimate of drug-likeness (QED) is 0.253. The minimum Gasteiger partial charge on any atom is -0.292 e. The molecule has 164 valence electrons. The van der Waals surface area contributed by atoms with E-state index in [1.165, 1.54) is 72.6 Å². The Morgan fingerprint density at radius 3 is 2.34 bits per heavy atom. The molecule has 5 aromatic rings. The maximum Gasteiger partial charge on any atom is 0.141 e. The Bertz CT molecular complexity index is 1750. The van der Waals surface area contributed by atoms with Gasteiger partial charge in [0.05, 0.1) is 17.1 Å². The van der Waals surface area contributed by atoms with E-state index in [1.54, 1.807) is 0 Å². The second-order valence-electron chi connectivity index (χ2n) is 10.2. The average molecular weight is 448 g/mol. The third-order valence-corrected chi connectivity index (χ3v) is 8.41. The van der Waals surface area contributed by atoms with Crippen molar-refractivity contribution in [1.82, 2.24) is 9.97 Å². The second kappa shape index (κ2) is 6.25. The topological polar surface area (TPSA) is 29.0 Å². The van der Waals surface area contributed by atoms with Gasteiger partial charge in [0, 0.05) is 25.2 Å². The van der Waals surface area contributed by atoms with Crippen molar-refractivity contribution in [3.05, 3.63) is 124 Å². The van der Waals surface area contributed by atoms with E-state index in [0.29, 0.717) is 0 Å². The van der Waals surface area contributed by atoms with Crippen molar-refractivity contribution >= 4 is 17.2 Å². The van der Waals surface area contributed by atoms with E-state index < -0.39 is 0 Å². The molecule has 3 nitrogen and oxygen atoms in total. The predicted molar refractivity (Wildman–Crippen MR) is 139 cm³/mol. The first-order valence-corrected chi connectivity index (χ1v) is 12.4. The van der Waals surface area contributed by atoms with Crippen LogP contribution in [0.2, 0.25) is 0 Å². The van der Waals surface area contributed by atoms with Gasteiger partial charge in [0.2, 0.25) is 0 Å². The fourth-order valence-corrected chi connectivity index (χ4v) is 6.95. The van der Waals surface area contributed by atoms with Crippen molar-refractivity contribution in [2.45, 2.75) is 25.7 Å². The molecule has 0 saturated carbocycles. The van der Waals surface area contributed by atoms with Crippen LogP contribution in [0.3, 0.4) is 0 Å². The zero-order chi connectivity index (χ0) is 22.7. The van der Waals surface area contributed by atoms with Crippen molar-refractivity contribution in [2.24, 2.45) is 0 Å². The third-order valence-electron chi connectivity index (χ3n) is 8.41. The Kier molecular flexibility index (Phi) is 3.24. The fraction of sp³-hybridized carbons (Fsp3) is 0.125. The molecule has 0 unspecified atom stereocenters. The van der Waals surface area contributed by atoms with Crippen LogP contribution in [-0.2, 0) is 25.7 Å². The highest BCUT2D eigenvalue weighted by Gasteiger charge is 2.37. The van der Waals surface area contributed by atoms with Gasteiger partial charge in [0.25, 0.3) is 0 Å². The maximum absolute atomic E-state index is 4.84. The molecule has 4 heterocycles. The van der Waals surface area contributed by atoms with E-state index in [4.69, 9.17) is 9.97 Å². The molecule has 3 heteroatoms. The van der Waals surface area contributed by atoms with Crippen LogP contribution in [0.25, 0.3) is 22.3 Å². The van der Waals surface area contributed by atoms with Crippen LogP contribution in [0.5, 0.6) is 0 Å². The lowest BCUT2D eigenvalue weighted by Gasteiger charge is -2.38. The molecule has 0 amide bonds. The molecule has 2 aromatic heterocycles. The number of hydrogen-bond donors (Lipinski definition) is 0. The van der Waals surface area contributed by atoms with E-state index in [0.717, 1.165) is 37.2 Å². The second-order valence-corrected chi connectivity index (χ2v) is 10.2. The first kappa shape index (κ1) is 18.1. The van der Waals surface area contributed by atoms with Crippen molar-refractivity contribution in [1.29, 1.82) is 0 Å². The Balaban J connectivity index is 1.30. The van der Waals surface area contributed by atoms with Crippen LogP contribution in [0.4, 0.5) is 17.2 Å². The first-order chi connectivity index (χ1) is 17.3. The molecule has 35 heavy (non-hydrogen) atoms. The number of nitrogens with zero attached hydrogens (tertiary/aromatic N) is 3. The van der Waals surface area contributed by atoms with Crippen LogP contribution < -0.4 is 4.90 Å². The Morgan fingerprint density at radius 2 is 1.34 bits per heavy atom. The van der Waals surface area contributed by atoms with Gasteiger partial charge in [-0.15, -0.1) is 0 Å². The molecular formula is C32H21N3. The molecule has 9 rings (SSSR count). The number of anilines is 3. The van der Waals surface area contributed by atoms with E-state index in [2.05, 4.69) is 65.6 Å². The maximum atomic E-state index is 4.84. The summed E-state index contributed by atoms with van der Waals surface area (Å²) in [6.45, 7) is 0. The summed E-state index contributed by atoms with van der Waals surface area (Å²) in [5.41, 5.74) is 19.4. The van der Waals surface area contributed by atoms with Gasteiger partial charge in [-0.25, -0.2) is 4.98 Å². The van der Waals surface area contributed by atoms with Crippen molar-refractivity contribution in [3.63, 3.8) is 0 Å². The van der Waals surface area contributed by atoms with Crippen LogP contribution in [0.15, 0.2) is 79.1 Å². The van der Waals surface area contributed by atoms with Gasteiger partial charge in [-0.2, -0.15) is 0 Å². The van der Waals surface area contributed by atoms with Gasteiger partial charge in [0.1, 0.15) is 5.82 Å². The molecular weight excluding hydrogens is 426 g/mol. The molecule has 0 saturated heterocycles. The van der Waals surface area contributed by atoms with Crippen LogP contribution in [0, 0.1) is 0 Å². The lowest BCUT2D eigenvalue weighted by Crippen LogP contribution is -2.27.